The zero-order chi connectivity index (χ0) is 20.2. The van der Waals surface area contributed by atoms with Gasteiger partial charge >= 0.3 is 5.63 Å². The summed E-state index contributed by atoms with van der Waals surface area (Å²) in [7, 11) is 1.53. The van der Waals surface area contributed by atoms with Gasteiger partial charge in [-0.3, -0.25) is 9.78 Å². The number of hydrogen-bond donors (Lipinski definition) is 1. The highest BCUT2D eigenvalue weighted by Crippen LogP contribution is 2.24. The summed E-state index contributed by atoms with van der Waals surface area (Å²) >= 11 is 0. The molecule has 0 radical (unpaired) electrons. The predicted molar refractivity (Wildman–Crippen MR) is 105 cm³/mol. The second-order valence-electron chi connectivity index (χ2n) is 6.95. The number of aromatic nitrogens is 2. The lowest BCUT2D eigenvalue weighted by molar-refractivity contribution is 0.0885. The van der Waals surface area contributed by atoms with Gasteiger partial charge < -0.3 is 19.2 Å². The number of methoxy groups -OCH3 is 1. The third-order valence-corrected chi connectivity index (χ3v) is 4.98. The third-order valence-electron chi connectivity index (χ3n) is 4.98. The van der Waals surface area contributed by atoms with Gasteiger partial charge in [-0.1, -0.05) is 18.2 Å². The van der Waals surface area contributed by atoms with Crippen LogP contribution in [0.3, 0.4) is 0 Å². The van der Waals surface area contributed by atoms with Crippen LogP contribution in [0, 0.1) is 0 Å². The van der Waals surface area contributed by atoms with Crippen LogP contribution in [0.2, 0.25) is 0 Å². The van der Waals surface area contributed by atoms with E-state index in [2.05, 4.69) is 15.3 Å². The van der Waals surface area contributed by atoms with Gasteiger partial charge in [0.1, 0.15) is 17.3 Å². The molecule has 8 heteroatoms. The van der Waals surface area contributed by atoms with Crippen molar-refractivity contribution >= 4 is 16.9 Å². The summed E-state index contributed by atoms with van der Waals surface area (Å²) in [4.78, 5) is 33.0. The number of carbonyl (C=O) groups is 1. The third kappa shape index (κ3) is 4.37. The predicted octanol–water partition coefficient (Wildman–Crippen LogP) is 2.71. The van der Waals surface area contributed by atoms with Crippen molar-refractivity contribution in [3.8, 4) is 11.8 Å². The Morgan fingerprint density at radius 3 is 2.69 bits per heavy atom. The maximum Gasteiger partial charge on any atom is 0.349 e. The highest BCUT2D eigenvalue weighted by atomic mass is 16.5. The second-order valence-corrected chi connectivity index (χ2v) is 6.95. The van der Waals surface area contributed by atoms with E-state index in [0.29, 0.717) is 22.7 Å². The Bertz CT molecular complexity index is 1070. The Morgan fingerprint density at radius 2 is 1.90 bits per heavy atom. The molecule has 0 bridgehead atoms. The molecular weight excluding hydrogens is 374 g/mol. The van der Waals surface area contributed by atoms with E-state index in [1.807, 2.05) is 6.07 Å². The van der Waals surface area contributed by atoms with Crippen molar-refractivity contribution in [3.63, 3.8) is 0 Å². The zero-order valence-corrected chi connectivity index (χ0v) is 16.0. The normalized spacial score (nSPS) is 18.9. The standard InChI is InChI=1S/C21H21N3O5/c1-27-18-11-22-12-19(24-18)28-15-8-6-14(7-9-15)23-20(25)16-10-13-4-2-3-5-17(13)29-21(16)26/h2-5,10-12,14-15H,6-9H2,1H3,(H,23,25). The molecule has 0 atom stereocenters. The van der Waals surface area contributed by atoms with Crippen LogP contribution in [0.5, 0.6) is 11.8 Å². The maximum absolute atomic E-state index is 12.6. The lowest BCUT2D eigenvalue weighted by atomic mass is 9.92. The van der Waals surface area contributed by atoms with Gasteiger partial charge in [0.15, 0.2) is 0 Å². The summed E-state index contributed by atoms with van der Waals surface area (Å²) < 4.78 is 16.2. The molecule has 0 spiro atoms. The molecule has 3 aromatic rings. The van der Waals surface area contributed by atoms with Gasteiger partial charge in [-0.15, -0.1) is 0 Å². The Hall–Kier alpha value is -3.42. The molecule has 1 fully saturated rings. The number of fused-ring (bicyclic) bond motifs is 1. The van der Waals surface area contributed by atoms with Gasteiger partial charge in [-0.25, -0.2) is 4.79 Å². The Labute approximate surface area is 166 Å². The fourth-order valence-electron chi connectivity index (χ4n) is 3.47. The molecule has 1 aliphatic rings. The van der Waals surface area contributed by atoms with E-state index in [1.165, 1.54) is 13.3 Å². The van der Waals surface area contributed by atoms with E-state index in [1.54, 1.807) is 30.5 Å². The Morgan fingerprint density at radius 1 is 1.14 bits per heavy atom. The van der Waals surface area contributed by atoms with Gasteiger partial charge in [0, 0.05) is 11.4 Å². The number of rotatable bonds is 5. The molecule has 1 N–H and O–H groups in total. The Kier molecular flexibility index (Phi) is 5.41. The molecule has 0 saturated heterocycles. The number of carbonyl (C=O) groups excluding carboxylic acids is 1. The molecule has 0 unspecified atom stereocenters. The minimum absolute atomic E-state index is 0.00436. The topological polar surface area (TPSA) is 104 Å². The maximum atomic E-state index is 12.6. The number of nitrogens with zero attached hydrogens (tertiary/aromatic N) is 2. The number of para-hydroxylation sites is 1. The fourth-order valence-corrected chi connectivity index (χ4v) is 3.47. The van der Waals surface area contributed by atoms with E-state index in [9.17, 15) is 9.59 Å². The van der Waals surface area contributed by atoms with E-state index in [4.69, 9.17) is 13.9 Å². The molecule has 150 valence electrons. The summed E-state index contributed by atoms with van der Waals surface area (Å²) in [6, 6.07) is 8.67. The van der Waals surface area contributed by atoms with Crippen molar-refractivity contribution in [3.05, 3.63) is 58.7 Å². The van der Waals surface area contributed by atoms with Gasteiger partial charge in [-0.05, 0) is 37.8 Å². The highest BCUT2D eigenvalue weighted by Gasteiger charge is 2.25. The van der Waals surface area contributed by atoms with Crippen LogP contribution in [-0.4, -0.2) is 35.1 Å². The van der Waals surface area contributed by atoms with Crippen LogP contribution in [0.15, 0.2) is 51.9 Å². The van der Waals surface area contributed by atoms with Crippen LogP contribution in [0.25, 0.3) is 11.0 Å². The molecule has 29 heavy (non-hydrogen) atoms. The highest BCUT2D eigenvalue weighted by molar-refractivity contribution is 5.96. The number of hydrogen-bond acceptors (Lipinski definition) is 7. The molecule has 4 rings (SSSR count). The summed E-state index contributed by atoms with van der Waals surface area (Å²) in [6.45, 7) is 0. The first-order valence-electron chi connectivity index (χ1n) is 9.49. The van der Waals surface area contributed by atoms with Crippen molar-refractivity contribution in [2.45, 2.75) is 37.8 Å². The number of amides is 1. The molecule has 1 saturated carbocycles. The van der Waals surface area contributed by atoms with Crippen LogP contribution >= 0.6 is 0 Å². The van der Waals surface area contributed by atoms with Crippen LogP contribution < -0.4 is 20.4 Å². The summed E-state index contributed by atoms with van der Waals surface area (Å²) in [5.41, 5.74) is -0.143. The first-order valence-corrected chi connectivity index (χ1v) is 9.49. The average molecular weight is 395 g/mol. The van der Waals surface area contributed by atoms with E-state index in [0.717, 1.165) is 25.7 Å². The van der Waals surface area contributed by atoms with Crippen LogP contribution in [0.4, 0.5) is 0 Å². The monoisotopic (exact) mass is 395 g/mol. The summed E-state index contributed by atoms with van der Waals surface area (Å²) in [5.74, 6) is 0.413. The van der Waals surface area contributed by atoms with Gasteiger partial charge in [0.25, 0.3) is 5.91 Å². The smallest absolute Gasteiger partial charge is 0.349 e. The second kappa shape index (κ2) is 8.30. The molecular formula is C21H21N3O5. The summed E-state index contributed by atoms with van der Waals surface area (Å²) in [6.07, 6.45) is 6.07. The van der Waals surface area contributed by atoms with Crippen LogP contribution in [-0.2, 0) is 0 Å². The van der Waals surface area contributed by atoms with Gasteiger partial charge in [0.2, 0.25) is 11.8 Å². The lowest BCUT2D eigenvalue weighted by Gasteiger charge is -2.29. The zero-order valence-electron chi connectivity index (χ0n) is 16.0. The van der Waals surface area contributed by atoms with Crippen molar-refractivity contribution in [1.82, 2.24) is 15.3 Å². The molecule has 2 aromatic heterocycles. The molecule has 0 aliphatic heterocycles. The average Bonchev–Trinajstić information content (AvgIpc) is 2.74. The van der Waals surface area contributed by atoms with Gasteiger partial charge in [-0.2, -0.15) is 4.98 Å². The number of benzene rings is 1. The van der Waals surface area contributed by atoms with Crippen molar-refractivity contribution in [2.75, 3.05) is 7.11 Å². The number of ether oxygens (including phenoxy) is 2. The van der Waals surface area contributed by atoms with Crippen LogP contribution in [0.1, 0.15) is 36.0 Å². The molecule has 1 aliphatic carbocycles. The van der Waals surface area contributed by atoms with E-state index >= 15 is 0 Å². The fraction of sp³-hybridized carbons (Fsp3) is 0.333. The SMILES string of the molecule is COc1cncc(OC2CCC(NC(=O)c3cc4ccccc4oc3=O)CC2)n1. The Balaban J connectivity index is 1.35. The van der Waals surface area contributed by atoms with Crippen molar-refractivity contribution in [1.29, 1.82) is 0 Å². The first-order chi connectivity index (χ1) is 14.1. The lowest BCUT2D eigenvalue weighted by Crippen LogP contribution is -2.41. The van der Waals surface area contributed by atoms with Crippen molar-refractivity contribution < 1.29 is 18.7 Å². The minimum atomic E-state index is -0.630. The molecule has 1 amide bonds. The largest absolute Gasteiger partial charge is 0.480 e. The number of nitrogens with one attached hydrogen (secondary N) is 1. The molecule has 1 aromatic carbocycles. The molecule has 8 nitrogen and oxygen atoms in total. The minimum Gasteiger partial charge on any atom is -0.480 e. The summed E-state index contributed by atoms with van der Waals surface area (Å²) in [5, 5.41) is 3.66. The first kappa shape index (κ1) is 18.9. The quantitative estimate of drug-likeness (QED) is 0.663. The van der Waals surface area contributed by atoms with E-state index < -0.39 is 11.5 Å². The molecule has 2 heterocycles. The van der Waals surface area contributed by atoms with Crippen molar-refractivity contribution in [2.24, 2.45) is 0 Å². The van der Waals surface area contributed by atoms with Gasteiger partial charge in [0.05, 0.1) is 19.5 Å². The van der Waals surface area contributed by atoms with E-state index in [-0.39, 0.29) is 17.7 Å².